The average molecular weight is 726 g/mol. The molecule has 8 aromatic rings. The van der Waals surface area contributed by atoms with Crippen LogP contribution in [0.3, 0.4) is 0 Å². The van der Waals surface area contributed by atoms with E-state index in [9.17, 15) is 0 Å². The summed E-state index contributed by atoms with van der Waals surface area (Å²) in [6, 6.07) is 62.5. The van der Waals surface area contributed by atoms with E-state index >= 15 is 0 Å². The molecule has 1 heteroatoms. The Labute approximate surface area is 333 Å². The van der Waals surface area contributed by atoms with Crippen molar-refractivity contribution in [1.82, 2.24) is 0 Å². The minimum atomic E-state index is -0.341. The number of benzene rings is 8. The Bertz CT molecular complexity index is 3170. The zero-order valence-corrected chi connectivity index (χ0v) is 32.1. The van der Waals surface area contributed by atoms with Gasteiger partial charge in [0.1, 0.15) is 0 Å². The minimum Gasteiger partial charge on any atom is -0.309 e. The van der Waals surface area contributed by atoms with Crippen LogP contribution in [-0.2, 0) is 10.8 Å². The summed E-state index contributed by atoms with van der Waals surface area (Å²) >= 11 is 0. The van der Waals surface area contributed by atoms with Gasteiger partial charge in [0.25, 0.3) is 0 Å². The smallest absolute Gasteiger partial charge is 0.0689 e. The summed E-state index contributed by atoms with van der Waals surface area (Å²) in [5.41, 5.74) is 25.1. The molecule has 0 bridgehead atoms. The maximum atomic E-state index is 2.62. The summed E-state index contributed by atoms with van der Waals surface area (Å²) in [6.45, 7) is 4.79. The highest BCUT2D eigenvalue weighted by Crippen LogP contribution is 2.66. The predicted octanol–water partition coefficient (Wildman–Crippen LogP) is 14.7. The number of hydrogen-bond acceptors (Lipinski definition) is 1. The first-order valence-electron chi connectivity index (χ1n) is 20.5. The third kappa shape index (κ3) is 3.80. The Balaban J connectivity index is 1.15. The predicted molar refractivity (Wildman–Crippen MR) is 238 cm³/mol. The molecule has 0 amide bonds. The third-order valence-electron chi connectivity index (χ3n) is 14.1. The lowest BCUT2D eigenvalue weighted by Crippen LogP contribution is -2.28. The Kier molecular flexibility index (Phi) is 6.07. The van der Waals surface area contributed by atoms with Crippen LogP contribution in [0.25, 0.3) is 60.9 Å². The van der Waals surface area contributed by atoms with Gasteiger partial charge < -0.3 is 4.90 Å². The van der Waals surface area contributed by atoms with Gasteiger partial charge in [0.05, 0.1) is 16.8 Å². The van der Waals surface area contributed by atoms with Crippen LogP contribution < -0.4 is 4.90 Å². The van der Waals surface area contributed by atoms with Gasteiger partial charge >= 0.3 is 0 Å². The van der Waals surface area contributed by atoms with Gasteiger partial charge in [0.15, 0.2) is 0 Å². The van der Waals surface area contributed by atoms with Crippen molar-refractivity contribution in [3.63, 3.8) is 0 Å². The number of nitrogens with zero attached hydrogens (tertiary/aromatic N) is 1. The van der Waals surface area contributed by atoms with E-state index < -0.39 is 0 Å². The van der Waals surface area contributed by atoms with Gasteiger partial charge in [-0.2, -0.15) is 0 Å². The summed E-state index contributed by atoms with van der Waals surface area (Å²) in [6.07, 6.45) is 6.89. The highest BCUT2D eigenvalue weighted by molar-refractivity contribution is 6.20. The van der Waals surface area contributed by atoms with Gasteiger partial charge in [-0.05, 0) is 126 Å². The molecule has 1 unspecified atom stereocenters. The lowest BCUT2D eigenvalue weighted by atomic mass is 9.68. The Hall–Kier alpha value is -6.70. The van der Waals surface area contributed by atoms with Crippen molar-refractivity contribution >= 4 is 33.4 Å². The molecule has 1 atom stereocenters. The van der Waals surface area contributed by atoms with Crippen LogP contribution in [0, 0.1) is 0 Å². The minimum absolute atomic E-state index is 0.131. The van der Waals surface area contributed by atoms with Gasteiger partial charge in [-0.1, -0.05) is 166 Å². The second-order valence-corrected chi connectivity index (χ2v) is 17.0. The van der Waals surface area contributed by atoms with Crippen molar-refractivity contribution in [3.05, 3.63) is 215 Å². The zero-order chi connectivity index (χ0) is 37.6. The quantitative estimate of drug-likeness (QED) is 0.175. The first-order valence-corrected chi connectivity index (χ1v) is 20.5. The lowest BCUT2D eigenvalue weighted by Gasteiger charge is -2.34. The number of allylic oxidation sites excluding steroid dienone is 4. The fraction of sp³-hybridized carbons (Fsp3) is 0.107. The summed E-state index contributed by atoms with van der Waals surface area (Å²) in [5.74, 6) is 0. The fourth-order valence-electron chi connectivity index (χ4n) is 11.9. The van der Waals surface area contributed by atoms with Crippen LogP contribution in [0.5, 0.6) is 0 Å². The van der Waals surface area contributed by atoms with Gasteiger partial charge in [0.2, 0.25) is 0 Å². The molecule has 0 aromatic heterocycles. The summed E-state index contributed by atoms with van der Waals surface area (Å²) < 4.78 is 0. The monoisotopic (exact) mass is 725 g/mol. The molecule has 0 saturated heterocycles. The van der Waals surface area contributed by atoms with E-state index in [-0.39, 0.29) is 10.8 Å². The van der Waals surface area contributed by atoms with Gasteiger partial charge in [-0.15, -0.1) is 0 Å². The van der Waals surface area contributed by atoms with Crippen LogP contribution >= 0.6 is 0 Å². The van der Waals surface area contributed by atoms with Crippen molar-refractivity contribution in [3.8, 4) is 44.5 Å². The van der Waals surface area contributed by atoms with Crippen LogP contribution in [0.2, 0.25) is 0 Å². The molecule has 57 heavy (non-hydrogen) atoms. The molecule has 13 rings (SSSR count). The topological polar surface area (TPSA) is 3.24 Å². The summed E-state index contributed by atoms with van der Waals surface area (Å²) in [4.78, 5) is 2.62. The second kappa shape index (κ2) is 11.0. The van der Waals surface area contributed by atoms with Crippen molar-refractivity contribution in [1.29, 1.82) is 0 Å². The highest BCUT2D eigenvalue weighted by Gasteiger charge is 2.53. The third-order valence-corrected chi connectivity index (χ3v) is 14.1. The molecule has 0 saturated carbocycles. The van der Waals surface area contributed by atoms with Crippen LogP contribution in [0.4, 0.5) is 17.1 Å². The van der Waals surface area contributed by atoms with Crippen molar-refractivity contribution < 1.29 is 0 Å². The average Bonchev–Trinajstić information content (AvgIpc) is 3.94. The molecular weight excluding hydrogens is 687 g/mol. The second-order valence-electron chi connectivity index (χ2n) is 17.0. The van der Waals surface area contributed by atoms with E-state index in [0.29, 0.717) is 0 Å². The first kappa shape index (κ1) is 31.5. The normalized spacial score (nSPS) is 17.9. The molecular formula is C56H39N. The first-order chi connectivity index (χ1) is 28.1. The van der Waals surface area contributed by atoms with Crippen LogP contribution in [0.15, 0.2) is 182 Å². The van der Waals surface area contributed by atoms with Crippen molar-refractivity contribution in [2.24, 2.45) is 0 Å². The molecule has 268 valence electrons. The van der Waals surface area contributed by atoms with E-state index in [1.165, 1.54) is 111 Å². The van der Waals surface area contributed by atoms with Gasteiger partial charge in [-0.25, -0.2) is 0 Å². The molecule has 5 aliphatic rings. The Morgan fingerprint density at radius 3 is 1.93 bits per heavy atom. The molecule has 0 heterocycles. The maximum Gasteiger partial charge on any atom is 0.0689 e. The maximum absolute atomic E-state index is 2.62. The molecule has 0 fully saturated rings. The lowest BCUT2D eigenvalue weighted by molar-refractivity contribution is 0.660. The van der Waals surface area contributed by atoms with E-state index in [1.807, 2.05) is 0 Å². The molecule has 1 spiro atoms. The highest BCUT2D eigenvalue weighted by atomic mass is 15.1. The Morgan fingerprint density at radius 2 is 1.09 bits per heavy atom. The van der Waals surface area contributed by atoms with E-state index in [2.05, 4.69) is 195 Å². The molecule has 0 aliphatic heterocycles. The van der Waals surface area contributed by atoms with Gasteiger partial charge in [0, 0.05) is 22.2 Å². The molecule has 0 N–H and O–H groups in total. The van der Waals surface area contributed by atoms with E-state index in [1.54, 1.807) is 5.57 Å². The Morgan fingerprint density at radius 1 is 0.456 bits per heavy atom. The van der Waals surface area contributed by atoms with Crippen LogP contribution in [0.1, 0.15) is 60.1 Å². The standard InChI is InChI=1S/C56H39N/c1-55(2)44-23-9-5-17-37(44)40-31-30-35(33-49(40)55)57(51-32-29-34-15-13-22-41-36-16-3-4-20-42(36)54(51)52(34)41)50-28-14-27-48-53(50)43-21-8-12-26-47(43)56(48)45-24-10-6-18-38(45)39-19-7-11-25-46(39)56/h3-10,12-24,26-33H,11,25H2,1-2H3. The molecule has 8 aromatic carbocycles. The summed E-state index contributed by atoms with van der Waals surface area (Å²) in [5, 5.41) is 2.62. The number of rotatable bonds is 3. The summed E-state index contributed by atoms with van der Waals surface area (Å²) in [7, 11) is 0. The molecule has 0 radical (unpaired) electrons. The van der Waals surface area contributed by atoms with Crippen LogP contribution in [-0.4, -0.2) is 0 Å². The molecule has 5 aliphatic carbocycles. The fourth-order valence-corrected chi connectivity index (χ4v) is 11.9. The number of anilines is 3. The van der Waals surface area contributed by atoms with E-state index in [0.717, 1.165) is 12.8 Å². The molecule has 1 nitrogen and oxygen atoms in total. The van der Waals surface area contributed by atoms with Gasteiger partial charge in [-0.3, -0.25) is 0 Å². The van der Waals surface area contributed by atoms with Crippen molar-refractivity contribution in [2.45, 2.75) is 37.5 Å². The number of fused-ring (bicyclic) bond motifs is 15. The SMILES string of the molecule is CC1(C)c2ccccc2-c2ccc(N(c3cccc4c3-c3ccccc3C43C4=C(C=CCC4)c4ccccc43)c3ccc4cccc5c4c3-c3ccccc3-5)cc21. The zero-order valence-electron chi connectivity index (χ0n) is 32.1. The van der Waals surface area contributed by atoms with Crippen molar-refractivity contribution in [2.75, 3.05) is 4.90 Å². The largest absolute Gasteiger partial charge is 0.309 e. The number of hydrogen-bond donors (Lipinski definition) is 0. The van der Waals surface area contributed by atoms with E-state index in [4.69, 9.17) is 0 Å².